The van der Waals surface area contributed by atoms with Gasteiger partial charge in [-0.2, -0.15) is 0 Å². The maximum Gasteiger partial charge on any atom is 0.509 e. The number of hydrogen-bond donors (Lipinski definition) is 2. The lowest BCUT2D eigenvalue weighted by Gasteiger charge is -2.48. The Morgan fingerprint density at radius 2 is 1.73 bits per heavy atom. The smallest absolute Gasteiger partial charge is 0.458 e. The number of esters is 2. The second-order valence-electron chi connectivity index (χ2n) is 17.8. The van der Waals surface area contributed by atoms with E-state index in [4.69, 9.17) is 33.2 Å². The summed E-state index contributed by atoms with van der Waals surface area (Å²) in [6, 6.07) is 6.27. The Morgan fingerprint density at radius 3 is 2.35 bits per heavy atom. The number of fused-ring (bicyclic) bond motifs is 1. The maximum absolute atomic E-state index is 14.5. The Labute approximate surface area is 369 Å². The van der Waals surface area contributed by atoms with E-state index in [1.54, 1.807) is 72.3 Å². The van der Waals surface area contributed by atoms with Crippen molar-refractivity contribution < 1.29 is 62.2 Å². The zero-order valence-electron chi connectivity index (χ0n) is 38.1. The summed E-state index contributed by atoms with van der Waals surface area (Å²) in [4.78, 5) is 78.0. The molecule has 1 amide bonds. The Kier molecular flexibility index (Phi) is 16.1. The Balaban J connectivity index is 1.52. The van der Waals surface area contributed by atoms with E-state index in [-0.39, 0.29) is 37.4 Å². The van der Waals surface area contributed by atoms with Gasteiger partial charge in [-0.3, -0.25) is 24.4 Å². The highest BCUT2D eigenvalue weighted by Gasteiger charge is 2.58. The Bertz CT molecular complexity index is 1950. The quantitative estimate of drug-likeness (QED) is 0.222. The minimum absolute atomic E-state index is 0.174. The summed E-state index contributed by atoms with van der Waals surface area (Å²) in [5.74, 6) is -5.67. The molecule has 1 aromatic heterocycles. The molecule has 3 aliphatic rings. The molecule has 0 saturated carbocycles. The third kappa shape index (κ3) is 11.4. The summed E-state index contributed by atoms with van der Waals surface area (Å²) in [7, 11) is 3.68. The average molecular weight is 881 g/mol. The van der Waals surface area contributed by atoms with Crippen LogP contribution in [0.4, 0.5) is 9.59 Å². The van der Waals surface area contributed by atoms with E-state index in [2.05, 4.69) is 15.3 Å². The minimum atomic E-state index is -1.79. The first-order valence-corrected chi connectivity index (χ1v) is 21.6. The standard InChI is InChI=1S/C46H64N4O13/c1-12-35-46(9)39(49-43(55)62-46)27(4)36(52)25(2)23-45(8,63-44(56)57-21-13-14-31-15-17-32(18-16-31)33-24-47-19-20-48-33)40(28(5)37(53)29(6)41(54)60-35)61-42-38(59-30(7)51)34(50(10)11)22-26(3)58-42/h13-20,24-29,34-35,37-40,42,53H,12,21-23H2,1-11H3,(H,49,55)/t25-,26-,27+,28+,29-,34+,35-,37+,38-,39-,40-,42+,45-,46-/m1/s1. The van der Waals surface area contributed by atoms with Crippen LogP contribution in [0.15, 0.2) is 48.9 Å². The van der Waals surface area contributed by atoms with E-state index >= 15 is 0 Å². The molecule has 17 nitrogen and oxygen atoms in total. The van der Waals surface area contributed by atoms with Gasteiger partial charge in [0.2, 0.25) is 0 Å². The van der Waals surface area contributed by atoms with Crippen LogP contribution in [0.1, 0.15) is 87.1 Å². The topological polar surface area (TPSA) is 211 Å². The van der Waals surface area contributed by atoms with Gasteiger partial charge in [-0.05, 0) is 72.7 Å². The highest BCUT2D eigenvalue weighted by Crippen LogP contribution is 2.41. The van der Waals surface area contributed by atoms with Crippen LogP contribution in [-0.2, 0) is 47.5 Å². The molecule has 0 aliphatic carbocycles. The lowest BCUT2D eigenvalue weighted by Crippen LogP contribution is -2.61. The number of Topliss-reactive ketones (excluding diaryl/α,β-unsaturated/α-hetero) is 1. The number of carbonyl (C=O) groups excluding carboxylic acids is 5. The number of aliphatic hydroxyl groups is 1. The Morgan fingerprint density at radius 1 is 1.03 bits per heavy atom. The van der Waals surface area contributed by atoms with Crippen LogP contribution < -0.4 is 5.32 Å². The molecule has 2 N–H and O–H groups in total. The van der Waals surface area contributed by atoms with Gasteiger partial charge in [-0.15, -0.1) is 0 Å². The molecule has 0 spiro atoms. The van der Waals surface area contributed by atoms with Crippen LogP contribution in [0.3, 0.4) is 0 Å². The summed E-state index contributed by atoms with van der Waals surface area (Å²) in [5.41, 5.74) is -0.800. The van der Waals surface area contributed by atoms with Crippen LogP contribution in [0.5, 0.6) is 0 Å². The molecular weight excluding hydrogens is 817 g/mol. The van der Waals surface area contributed by atoms with Crippen molar-refractivity contribution >= 4 is 36.0 Å². The van der Waals surface area contributed by atoms with Gasteiger partial charge in [-0.25, -0.2) is 9.59 Å². The van der Waals surface area contributed by atoms with Gasteiger partial charge < -0.3 is 48.5 Å². The number of cyclic esters (lactones) is 1. The summed E-state index contributed by atoms with van der Waals surface area (Å²) in [6.45, 7) is 14.3. The maximum atomic E-state index is 14.5. The number of amides is 1. The molecule has 3 fully saturated rings. The summed E-state index contributed by atoms with van der Waals surface area (Å²) in [6.07, 6.45) is 0.524. The lowest BCUT2D eigenvalue weighted by atomic mass is 9.73. The monoisotopic (exact) mass is 880 g/mol. The van der Waals surface area contributed by atoms with Crippen molar-refractivity contribution in [2.24, 2.45) is 23.7 Å². The first-order valence-electron chi connectivity index (χ1n) is 21.6. The van der Waals surface area contributed by atoms with Gasteiger partial charge in [-0.1, -0.05) is 58.0 Å². The second kappa shape index (κ2) is 20.7. The number of aliphatic hydroxyl groups excluding tert-OH is 1. The van der Waals surface area contributed by atoms with Crippen molar-refractivity contribution in [3.8, 4) is 11.3 Å². The van der Waals surface area contributed by atoms with Crippen molar-refractivity contribution in [2.45, 2.75) is 142 Å². The van der Waals surface area contributed by atoms with Crippen molar-refractivity contribution in [3.05, 3.63) is 54.5 Å². The molecule has 5 rings (SSSR count). The van der Waals surface area contributed by atoms with Gasteiger partial charge in [0.05, 0.1) is 42.1 Å². The summed E-state index contributed by atoms with van der Waals surface area (Å²) >= 11 is 0. The molecule has 4 heterocycles. The number of hydrogen-bond acceptors (Lipinski definition) is 16. The van der Waals surface area contributed by atoms with Crippen molar-refractivity contribution in [1.82, 2.24) is 20.2 Å². The van der Waals surface area contributed by atoms with E-state index in [1.807, 2.05) is 50.2 Å². The normalized spacial score (nSPS) is 35.5. The van der Waals surface area contributed by atoms with Crippen LogP contribution >= 0.6 is 0 Å². The number of likely N-dealkylation sites (N-methyl/N-ethyl adjacent to an activating group) is 1. The number of ether oxygens (including phenoxy) is 7. The molecule has 14 atom stereocenters. The Hall–Kier alpha value is -4.97. The van der Waals surface area contributed by atoms with Gasteiger partial charge >= 0.3 is 24.2 Å². The number of benzene rings is 1. The number of alkyl carbamates (subject to hydrolysis) is 1. The first kappa shape index (κ1) is 49.1. The third-order valence-electron chi connectivity index (χ3n) is 12.6. The zero-order chi connectivity index (χ0) is 46.4. The second-order valence-corrected chi connectivity index (χ2v) is 17.8. The largest absolute Gasteiger partial charge is 0.509 e. The van der Waals surface area contributed by atoms with Crippen LogP contribution in [0, 0.1) is 23.7 Å². The average Bonchev–Trinajstić information content (AvgIpc) is 3.56. The molecule has 0 radical (unpaired) electrons. The predicted octanol–water partition coefficient (Wildman–Crippen LogP) is 5.52. The third-order valence-corrected chi connectivity index (χ3v) is 12.6. The SMILES string of the molecule is CC[C@H]1OC(=O)[C@H](C)[C@@H](O)[C@H](C)[C@@H](O[C@@H]2O[C@H](C)C[C@H](N(C)C)[C@H]2OC(C)=O)[C@](C)(OC(=O)OCC=Cc2ccc(-c3cnccn3)cc2)C[C@@H](C)C(=O)[C@H](C)[C@H]2NC(=O)O[C@@]21C. The molecule has 3 saturated heterocycles. The van der Waals surface area contributed by atoms with Crippen LogP contribution in [0.25, 0.3) is 17.3 Å². The van der Waals surface area contributed by atoms with E-state index in [9.17, 15) is 29.1 Å². The number of aromatic nitrogens is 2. The fraction of sp³-hybridized carbons (Fsp3) is 0.630. The molecule has 3 aliphatic heterocycles. The van der Waals surface area contributed by atoms with Gasteiger partial charge in [0.15, 0.2) is 18.0 Å². The number of nitrogens with one attached hydrogen (secondary N) is 1. The zero-order valence-corrected chi connectivity index (χ0v) is 38.1. The molecule has 63 heavy (non-hydrogen) atoms. The minimum Gasteiger partial charge on any atom is -0.458 e. The van der Waals surface area contributed by atoms with Crippen LogP contribution in [-0.4, -0.2) is 131 Å². The lowest BCUT2D eigenvalue weighted by molar-refractivity contribution is -0.301. The van der Waals surface area contributed by atoms with Gasteiger partial charge in [0.1, 0.15) is 30.2 Å². The molecule has 0 unspecified atom stereocenters. The summed E-state index contributed by atoms with van der Waals surface area (Å²) < 4.78 is 42.6. The number of nitrogens with zero attached hydrogens (tertiary/aromatic N) is 3. The number of ketones is 1. The highest BCUT2D eigenvalue weighted by molar-refractivity contribution is 5.85. The van der Waals surface area contributed by atoms with Crippen molar-refractivity contribution in [2.75, 3.05) is 20.7 Å². The van der Waals surface area contributed by atoms with Crippen molar-refractivity contribution in [1.29, 1.82) is 0 Å². The number of carbonyl (C=O) groups is 5. The predicted molar refractivity (Wildman–Crippen MR) is 228 cm³/mol. The first-order chi connectivity index (χ1) is 29.7. The molecule has 1 aromatic carbocycles. The molecule has 346 valence electrons. The van der Waals surface area contributed by atoms with Gasteiger partial charge in [0, 0.05) is 42.6 Å². The van der Waals surface area contributed by atoms with E-state index in [0.717, 1.165) is 16.8 Å². The molecular formula is C46H64N4O13. The fourth-order valence-electron chi connectivity index (χ4n) is 9.27. The van der Waals surface area contributed by atoms with Crippen molar-refractivity contribution in [3.63, 3.8) is 0 Å². The summed E-state index contributed by atoms with van der Waals surface area (Å²) in [5, 5.41) is 14.9. The molecule has 17 heteroatoms. The fourth-order valence-corrected chi connectivity index (χ4v) is 9.27. The molecule has 2 aromatic rings. The van der Waals surface area contributed by atoms with Gasteiger partial charge in [0.25, 0.3) is 0 Å². The van der Waals surface area contributed by atoms with E-state index in [0.29, 0.717) is 6.42 Å². The molecule has 0 bridgehead atoms. The number of rotatable bonds is 10. The van der Waals surface area contributed by atoms with E-state index < -0.39 is 95.8 Å². The van der Waals surface area contributed by atoms with E-state index in [1.165, 1.54) is 13.8 Å². The van der Waals surface area contributed by atoms with Crippen LogP contribution in [0.2, 0.25) is 0 Å². The highest BCUT2D eigenvalue weighted by atomic mass is 16.8.